The van der Waals surface area contributed by atoms with Crippen molar-refractivity contribution >= 4 is 34.6 Å². The molecule has 118 valence electrons. The Balaban J connectivity index is 1.89. The summed E-state index contributed by atoms with van der Waals surface area (Å²) in [4.78, 5) is 21.8. The smallest absolute Gasteiger partial charge is 0.272 e. The fourth-order valence-electron chi connectivity index (χ4n) is 1.66. The number of benzene rings is 2. The summed E-state index contributed by atoms with van der Waals surface area (Å²) in [6, 6.07) is 11.1. The highest BCUT2D eigenvalue weighted by Gasteiger charge is 2.10. The van der Waals surface area contributed by atoms with Gasteiger partial charge in [0.1, 0.15) is 5.82 Å². The molecule has 0 aliphatic carbocycles. The Morgan fingerprint density at radius 1 is 1.09 bits per heavy atom. The SMILES string of the molecule is O=C(NNC(=S)Nc1ccc([N+](=O)[O-])cc1)c1ccccc1F. The van der Waals surface area contributed by atoms with Gasteiger partial charge in [0.05, 0.1) is 10.5 Å². The average molecular weight is 334 g/mol. The van der Waals surface area contributed by atoms with Crippen LogP contribution in [0.25, 0.3) is 0 Å². The molecular formula is C14H11FN4O3S. The van der Waals surface area contributed by atoms with Crippen molar-refractivity contribution in [2.75, 3.05) is 5.32 Å². The number of nitrogens with zero attached hydrogens (tertiary/aromatic N) is 1. The monoisotopic (exact) mass is 334 g/mol. The van der Waals surface area contributed by atoms with E-state index >= 15 is 0 Å². The summed E-state index contributed by atoms with van der Waals surface area (Å²) in [6.07, 6.45) is 0. The first kappa shape index (κ1) is 16.3. The minimum Gasteiger partial charge on any atom is -0.331 e. The maximum Gasteiger partial charge on any atom is 0.272 e. The van der Waals surface area contributed by atoms with Gasteiger partial charge in [0.15, 0.2) is 5.11 Å². The third-order valence-electron chi connectivity index (χ3n) is 2.74. The lowest BCUT2D eigenvalue weighted by atomic mass is 10.2. The van der Waals surface area contributed by atoms with Crippen LogP contribution in [0.3, 0.4) is 0 Å². The van der Waals surface area contributed by atoms with Crippen molar-refractivity contribution in [2.24, 2.45) is 0 Å². The molecule has 0 bridgehead atoms. The van der Waals surface area contributed by atoms with Crippen LogP contribution in [0.5, 0.6) is 0 Å². The summed E-state index contributed by atoms with van der Waals surface area (Å²) in [6.45, 7) is 0. The lowest BCUT2D eigenvalue weighted by Crippen LogP contribution is -2.44. The Kier molecular flexibility index (Phi) is 5.15. The molecular weight excluding hydrogens is 323 g/mol. The maximum absolute atomic E-state index is 13.4. The van der Waals surface area contributed by atoms with Gasteiger partial charge in [0, 0.05) is 17.8 Å². The second-order valence-electron chi connectivity index (χ2n) is 4.32. The summed E-state index contributed by atoms with van der Waals surface area (Å²) < 4.78 is 13.4. The van der Waals surface area contributed by atoms with Crippen molar-refractivity contribution in [2.45, 2.75) is 0 Å². The molecule has 0 fully saturated rings. The molecule has 0 aromatic heterocycles. The van der Waals surface area contributed by atoms with Gasteiger partial charge in [-0.05, 0) is 36.5 Å². The van der Waals surface area contributed by atoms with Gasteiger partial charge in [-0.1, -0.05) is 12.1 Å². The van der Waals surface area contributed by atoms with E-state index in [2.05, 4.69) is 16.2 Å². The van der Waals surface area contributed by atoms with Crippen molar-refractivity contribution < 1.29 is 14.1 Å². The Morgan fingerprint density at radius 3 is 2.35 bits per heavy atom. The normalized spacial score (nSPS) is 9.78. The second-order valence-corrected chi connectivity index (χ2v) is 4.73. The van der Waals surface area contributed by atoms with E-state index in [1.807, 2.05) is 0 Å². The number of carbonyl (C=O) groups is 1. The number of thiocarbonyl (C=S) groups is 1. The van der Waals surface area contributed by atoms with Crippen LogP contribution in [0.1, 0.15) is 10.4 Å². The summed E-state index contributed by atoms with van der Waals surface area (Å²) in [5.41, 5.74) is 4.98. The number of non-ortho nitro benzene ring substituents is 1. The van der Waals surface area contributed by atoms with Gasteiger partial charge >= 0.3 is 0 Å². The van der Waals surface area contributed by atoms with E-state index in [1.54, 1.807) is 0 Å². The van der Waals surface area contributed by atoms with Crippen LogP contribution in [0.4, 0.5) is 15.8 Å². The molecule has 0 saturated heterocycles. The number of nitro benzene ring substituents is 1. The number of hydrogen-bond acceptors (Lipinski definition) is 4. The van der Waals surface area contributed by atoms with Crippen molar-refractivity contribution in [3.63, 3.8) is 0 Å². The zero-order valence-corrected chi connectivity index (χ0v) is 12.4. The topological polar surface area (TPSA) is 96.3 Å². The minimum absolute atomic E-state index is 0.0449. The van der Waals surface area contributed by atoms with E-state index < -0.39 is 16.6 Å². The average Bonchev–Trinajstić information content (AvgIpc) is 2.53. The Morgan fingerprint density at radius 2 is 1.74 bits per heavy atom. The molecule has 0 heterocycles. The Hall–Kier alpha value is -3.07. The first-order valence-corrected chi connectivity index (χ1v) is 6.74. The van der Waals surface area contributed by atoms with Gasteiger partial charge < -0.3 is 5.32 Å². The summed E-state index contributed by atoms with van der Waals surface area (Å²) >= 11 is 4.96. The van der Waals surface area contributed by atoms with Crippen LogP contribution in [0, 0.1) is 15.9 Å². The van der Waals surface area contributed by atoms with Crippen LogP contribution in [-0.2, 0) is 0 Å². The van der Waals surface area contributed by atoms with Gasteiger partial charge in [0.25, 0.3) is 11.6 Å². The fraction of sp³-hybridized carbons (Fsp3) is 0. The zero-order chi connectivity index (χ0) is 16.8. The molecule has 0 aliphatic rings. The number of hydrazine groups is 1. The standard InChI is InChI=1S/C14H11FN4O3S/c15-12-4-2-1-3-11(12)13(20)17-18-14(23)16-9-5-7-10(8-6-9)19(21)22/h1-8H,(H,17,20)(H2,16,18,23). The molecule has 2 rings (SSSR count). The predicted molar refractivity (Wildman–Crippen MR) is 86.3 cm³/mol. The molecule has 0 spiro atoms. The first-order valence-electron chi connectivity index (χ1n) is 6.33. The Labute approximate surface area is 135 Å². The van der Waals surface area contributed by atoms with Crippen LogP contribution in [0.2, 0.25) is 0 Å². The van der Waals surface area contributed by atoms with E-state index in [0.29, 0.717) is 5.69 Å². The maximum atomic E-state index is 13.4. The highest BCUT2D eigenvalue weighted by molar-refractivity contribution is 7.80. The molecule has 0 radical (unpaired) electrons. The number of rotatable bonds is 3. The van der Waals surface area contributed by atoms with Crippen LogP contribution in [0.15, 0.2) is 48.5 Å². The molecule has 2 aromatic carbocycles. The lowest BCUT2D eigenvalue weighted by Gasteiger charge is -2.11. The molecule has 7 nitrogen and oxygen atoms in total. The number of nitro groups is 1. The van der Waals surface area contributed by atoms with Gasteiger partial charge in [-0.2, -0.15) is 0 Å². The van der Waals surface area contributed by atoms with E-state index in [9.17, 15) is 19.3 Å². The number of carbonyl (C=O) groups excluding carboxylic acids is 1. The van der Waals surface area contributed by atoms with E-state index in [-0.39, 0.29) is 16.4 Å². The molecule has 3 N–H and O–H groups in total. The quantitative estimate of drug-likeness (QED) is 0.453. The van der Waals surface area contributed by atoms with Crippen molar-refractivity contribution in [1.82, 2.24) is 10.9 Å². The van der Waals surface area contributed by atoms with E-state index in [4.69, 9.17) is 12.2 Å². The zero-order valence-electron chi connectivity index (χ0n) is 11.6. The van der Waals surface area contributed by atoms with Crippen molar-refractivity contribution in [3.8, 4) is 0 Å². The third kappa shape index (κ3) is 4.45. The lowest BCUT2D eigenvalue weighted by molar-refractivity contribution is -0.384. The van der Waals surface area contributed by atoms with Crippen LogP contribution in [-0.4, -0.2) is 15.9 Å². The van der Waals surface area contributed by atoms with Crippen molar-refractivity contribution in [3.05, 3.63) is 70.0 Å². The summed E-state index contributed by atoms with van der Waals surface area (Å²) in [7, 11) is 0. The minimum atomic E-state index is -0.684. The summed E-state index contributed by atoms with van der Waals surface area (Å²) in [5.74, 6) is -1.34. The molecule has 0 unspecified atom stereocenters. The van der Waals surface area contributed by atoms with E-state index in [0.717, 1.165) is 0 Å². The highest BCUT2D eigenvalue weighted by Crippen LogP contribution is 2.15. The van der Waals surface area contributed by atoms with Crippen LogP contribution >= 0.6 is 12.2 Å². The number of nitrogens with one attached hydrogen (secondary N) is 3. The van der Waals surface area contributed by atoms with Crippen LogP contribution < -0.4 is 16.2 Å². The molecule has 2 aromatic rings. The van der Waals surface area contributed by atoms with Gasteiger partial charge in [0.2, 0.25) is 0 Å². The van der Waals surface area contributed by atoms with E-state index in [1.165, 1.54) is 48.5 Å². The highest BCUT2D eigenvalue weighted by atomic mass is 32.1. The summed E-state index contributed by atoms with van der Waals surface area (Å²) in [5, 5.41) is 13.3. The number of amides is 1. The van der Waals surface area contributed by atoms with Gasteiger partial charge in [-0.3, -0.25) is 25.8 Å². The largest absolute Gasteiger partial charge is 0.331 e. The molecule has 1 amide bonds. The van der Waals surface area contributed by atoms with Gasteiger partial charge in [-0.15, -0.1) is 0 Å². The number of anilines is 1. The predicted octanol–water partition coefficient (Wildman–Crippen LogP) is 2.37. The molecule has 0 aliphatic heterocycles. The Bertz CT molecular complexity index is 752. The molecule has 0 atom stereocenters. The number of halogens is 1. The number of hydrogen-bond donors (Lipinski definition) is 3. The van der Waals surface area contributed by atoms with Crippen molar-refractivity contribution in [1.29, 1.82) is 0 Å². The fourth-order valence-corrected chi connectivity index (χ4v) is 1.82. The third-order valence-corrected chi connectivity index (χ3v) is 2.95. The van der Waals surface area contributed by atoms with Gasteiger partial charge in [-0.25, -0.2) is 4.39 Å². The molecule has 9 heteroatoms. The molecule has 0 saturated carbocycles. The second kappa shape index (κ2) is 7.27. The first-order chi connectivity index (χ1) is 11.0. The molecule has 23 heavy (non-hydrogen) atoms.